The Morgan fingerprint density at radius 1 is 1.27 bits per heavy atom. The first-order chi connectivity index (χ1) is 15.8. The average Bonchev–Trinajstić information content (AvgIpc) is 3.19. The maximum absolute atomic E-state index is 14.4. The molecule has 0 unspecified atom stereocenters. The van der Waals surface area contributed by atoms with Gasteiger partial charge in [0, 0.05) is 22.3 Å². The van der Waals surface area contributed by atoms with Crippen LogP contribution in [0.4, 0.5) is 13.9 Å². The smallest absolute Gasteiger partial charge is 0.331 e. The topological polar surface area (TPSA) is 88.5 Å². The SMILES string of the molecule is CCCc1cccc2c1OCc1sc(NC(=O)c3cc(F)c(/C=C(\C)C(=O)O)c(F)c3)nc1-2. The summed E-state index contributed by atoms with van der Waals surface area (Å²) < 4.78 is 34.7. The number of amides is 1. The number of carbonyl (C=O) groups is 2. The van der Waals surface area contributed by atoms with Crippen LogP contribution in [0.5, 0.6) is 5.75 Å². The molecule has 1 aliphatic heterocycles. The van der Waals surface area contributed by atoms with Crippen molar-refractivity contribution in [2.24, 2.45) is 0 Å². The van der Waals surface area contributed by atoms with Crippen molar-refractivity contribution in [2.75, 3.05) is 5.32 Å². The average molecular weight is 470 g/mol. The molecule has 4 rings (SSSR count). The highest BCUT2D eigenvalue weighted by Gasteiger charge is 2.25. The van der Waals surface area contributed by atoms with Gasteiger partial charge in [-0.1, -0.05) is 36.8 Å². The van der Waals surface area contributed by atoms with E-state index in [1.165, 1.54) is 18.3 Å². The Balaban J connectivity index is 1.59. The lowest BCUT2D eigenvalue weighted by molar-refractivity contribution is -0.132. The molecule has 170 valence electrons. The van der Waals surface area contributed by atoms with Crippen LogP contribution in [0.3, 0.4) is 0 Å². The van der Waals surface area contributed by atoms with Gasteiger partial charge in [-0.05, 0) is 43.2 Å². The number of rotatable bonds is 6. The molecule has 1 amide bonds. The minimum atomic E-state index is -1.30. The molecule has 0 saturated heterocycles. The fourth-order valence-corrected chi connectivity index (χ4v) is 4.44. The second-order valence-corrected chi connectivity index (χ2v) is 8.65. The summed E-state index contributed by atoms with van der Waals surface area (Å²) in [5, 5.41) is 11.8. The third-order valence-electron chi connectivity index (χ3n) is 5.18. The summed E-state index contributed by atoms with van der Waals surface area (Å²) >= 11 is 1.23. The lowest BCUT2D eigenvalue weighted by atomic mass is 10.0. The summed E-state index contributed by atoms with van der Waals surface area (Å²) in [5.41, 5.74) is 1.66. The molecule has 2 N–H and O–H groups in total. The second kappa shape index (κ2) is 9.11. The molecule has 2 aromatic carbocycles. The molecular weight excluding hydrogens is 450 g/mol. The van der Waals surface area contributed by atoms with Gasteiger partial charge in [-0.2, -0.15) is 0 Å². The van der Waals surface area contributed by atoms with Gasteiger partial charge in [-0.15, -0.1) is 0 Å². The molecule has 0 fully saturated rings. The van der Waals surface area contributed by atoms with Crippen LogP contribution in [0, 0.1) is 11.6 Å². The minimum Gasteiger partial charge on any atom is -0.487 e. The molecular formula is C24H20F2N2O4S. The fourth-order valence-electron chi connectivity index (χ4n) is 3.56. The van der Waals surface area contributed by atoms with E-state index in [1.807, 2.05) is 18.2 Å². The van der Waals surface area contributed by atoms with Gasteiger partial charge in [-0.25, -0.2) is 18.6 Å². The van der Waals surface area contributed by atoms with Crippen molar-refractivity contribution in [2.45, 2.75) is 33.3 Å². The molecule has 0 spiro atoms. The van der Waals surface area contributed by atoms with E-state index >= 15 is 0 Å². The third kappa shape index (κ3) is 4.49. The molecule has 1 aliphatic rings. The normalized spacial score (nSPS) is 12.5. The van der Waals surface area contributed by atoms with Crippen molar-refractivity contribution in [3.8, 4) is 17.0 Å². The lowest BCUT2D eigenvalue weighted by Gasteiger charge is -2.19. The van der Waals surface area contributed by atoms with E-state index in [0.717, 1.165) is 58.5 Å². The van der Waals surface area contributed by atoms with Crippen molar-refractivity contribution >= 4 is 34.4 Å². The van der Waals surface area contributed by atoms with Gasteiger partial charge >= 0.3 is 5.97 Å². The number of anilines is 1. The van der Waals surface area contributed by atoms with Crippen molar-refractivity contribution in [3.05, 3.63) is 69.1 Å². The number of hydrogen-bond acceptors (Lipinski definition) is 5. The van der Waals surface area contributed by atoms with Crippen LogP contribution in [0.15, 0.2) is 35.9 Å². The summed E-state index contributed by atoms with van der Waals surface area (Å²) in [6.07, 6.45) is 2.73. The van der Waals surface area contributed by atoms with E-state index in [9.17, 15) is 18.4 Å². The number of para-hydroxylation sites is 1. The van der Waals surface area contributed by atoms with E-state index in [-0.39, 0.29) is 16.3 Å². The summed E-state index contributed by atoms with van der Waals surface area (Å²) in [7, 11) is 0. The molecule has 0 saturated carbocycles. The van der Waals surface area contributed by atoms with Crippen molar-refractivity contribution in [1.82, 2.24) is 4.98 Å². The Labute approximate surface area is 192 Å². The first-order valence-electron chi connectivity index (χ1n) is 10.2. The van der Waals surface area contributed by atoms with E-state index in [0.29, 0.717) is 6.61 Å². The van der Waals surface area contributed by atoms with Crippen LogP contribution in [0.25, 0.3) is 17.3 Å². The number of ether oxygens (including phenoxy) is 1. The standard InChI is InChI=1S/C24H20F2N2O4S/c1-3-5-13-6-4-7-15-20-19(11-32-21(13)15)33-24(27-20)28-22(29)14-9-17(25)16(18(26)10-14)8-12(2)23(30)31/h4,6-10H,3,5,11H2,1-2H3,(H,30,31)(H,27,28,29)/b12-8+. The largest absolute Gasteiger partial charge is 0.487 e. The Kier molecular flexibility index (Phi) is 6.24. The highest BCUT2D eigenvalue weighted by Crippen LogP contribution is 2.43. The van der Waals surface area contributed by atoms with E-state index in [2.05, 4.69) is 17.2 Å². The molecule has 33 heavy (non-hydrogen) atoms. The minimum absolute atomic E-state index is 0.233. The molecule has 0 bridgehead atoms. The maximum Gasteiger partial charge on any atom is 0.331 e. The number of nitrogens with one attached hydrogen (secondary N) is 1. The Morgan fingerprint density at radius 2 is 2.00 bits per heavy atom. The number of carboxylic acid groups (broad SMARTS) is 1. The van der Waals surface area contributed by atoms with Gasteiger partial charge in [0.05, 0.1) is 10.6 Å². The fraction of sp³-hybridized carbons (Fsp3) is 0.208. The number of halogens is 2. The number of aliphatic carboxylic acids is 1. The maximum atomic E-state index is 14.4. The molecule has 0 radical (unpaired) electrons. The van der Waals surface area contributed by atoms with E-state index in [4.69, 9.17) is 9.84 Å². The molecule has 1 aromatic heterocycles. The molecule has 0 aliphatic carbocycles. The number of aromatic nitrogens is 1. The molecule has 9 heteroatoms. The van der Waals surface area contributed by atoms with Crippen LogP contribution in [-0.4, -0.2) is 22.0 Å². The number of hydrogen-bond donors (Lipinski definition) is 2. The molecule has 2 heterocycles. The van der Waals surface area contributed by atoms with Crippen LogP contribution in [-0.2, 0) is 17.8 Å². The number of nitrogens with zero attached hydrogens (tertiary/aromatic N) is 1. The second-order valence-electron chi connectivity index (χ2n) is 7.56. The Bertz CT molecular complexity index is 1280. The number of aryl methyl sites for hydroxylation is 1. The predicted octanol–water partition coefficient (Wildman–Crippen LogP) is 5.67. The molecule has 6 nitrogen and oxygen atoms in total. The quantitative estimate of drug-likeness (QED) is 0.453. The number of carboxylic acids is 1. The first kappa shape index (κ1) is 22.6. The summed E-state index contributed by atoms with van der Waals surface area (Å²) in [6, 6.07) is 7.59. The zero-order valence-corrected chi connectivity index (χ0v) is 18.7. The molecule has 0 atom stereocenters. The van der Waals surface area contributed by atoms with Crippen LogP contribution < -0.4 is 10.1 Å². The van der Waals surface area contributed by atoms with Crippen LogP contribution in [0.1, 0.15) is 46.6 Å². The number of benzene rings is 2. The molecule has 3 aromatic rings. The first-order valence-corrected chi connectivity index (χ1v) is 11.1. The highest BCUT2D eigenvalue weighted by atomic mass is 32.1. The Hall–Kier alpha value is -3.59. The lowest BCUT2D eigenvalue weighted by Crippen LogP contribution is -2.13. The monoisotopic (exact) mass is 470 g/mol. The van der Waals surface area contributed by atoms with Gasteiger partial charge < -0.3 is 9.84 Å². The summed E-state index contributed by atoms with van der Waals surface area (Å²) in [5.74, 6) is -3.31. The van der Waals surface area contributed by atoms with Gasteiger partial charge in [0.25, 0.3) is 5.91 Å². The predicted molar refractivity (Wildman–Crippen MR) is 121 cm³/mol. The summed E-state index contributed by atoms with van der Waals surface area (Å²) in [6.45, 7) is 3.63. The number of carbonyl (C=O) groups excluding carboxylic acids is 1. The van der Waals surface area contributed by atoms with E-state index in [1.54, 1.807) is 0 Å². The zero-order valence-electron chi connectivity index (χ0n) is 17.9. The number of fused-ring (bicyclic) bond motifs is 3. The van der Waals surface area contributed by atoms with Crippen LogP contribution in [0.2, 0.25) is 0 Å². The van der Waals surface area contributed by atoms with Gasteiger partial charge in [0.1, 0.15) is 24.0 Å². The zero-order chi connectivity index (χ0) is 23.7. The third-order valence-corrected chi connectivity index (χ3v) is 6.12. The van der Waals surface area contributed by atoms with Crippen LogP contribution >= 0.6 is 11.3 Å². The van der Waals surface area contributed by atoms with Crippen molar-refractivity contribution < 1.29 is 28.2 Å². The van der Waals surface area contributed by atoms with E-state index < -0.39 is 29.1 Å². The number of thiazole rings is 1. The van der Waals surface area contributed by atoms with Gasteiger partial charge in [0.2, 0.25) is 0 Å². The highest BCUT2D eigenvalue weighted by molar-refractivity contribution is 7.16. The Morgan fingerprint density at radius 3 is 2.67 bits per heavy atom. The summed E-state index contributed by atoms with van der Waals surface area (Å²) in [4.78, 5) is 28.9. The van der Waals surface area contributed by atoms with Gasteiger partial charge in [-0.3, -0.25) is 10.1 Å². The van der Waals surface area contributed by atoms with Crippen molar-refractivity contribution in [1.29, 1.82) is 0 Å². The van der Waals surface area contributed by atoms with Gasteiger partial charge in [0.15, 0.2) is 5.13 Å². The van der Waals surface area contributed by atoms with Crippen molar-refractivity contribution in [3.63, 3.8) is 0 Å².